The van der Waals surface area contributed by atoms with Gasteiger partial charge in [0.15, 0.2) is 0 Å². The molecule has 2 atom stereocenters. The van der Waals surface area contributed by atoms with Crippen LogP contribution in [0.25, 0.3) is 0 Å². The Labute approximate surface area is 157 Å². The molecule has 0 spiro atoms. The van der Waals surface area contributed by atoms with Gasteiger partial charge in [-0.2, -0.15) is 10.2 Å². The van der Waals surface area contributed by atoms with Gasteiger partial charge < -0.3 is 14.5 Å². The summed E-state index contributed by atoms with van der Waals surface area (Å²) in [5.41, 5.74) is 3.08. The highest BCUT2D eigenvalue weighted by molar-refractivity contribution is 6.01. The first-order chi connectivity index (χ1) is 12.8. The van der Waals surface area contributed by atoms with E-state index < -0.39 is 0 Å². The molecule has 1 saturated heterocycles. The molecule has 0 saturated carbocycles. The van der Waals surface area contributed by atoms with Crippen LogP contribution in [0.1, 0.15) is 41.7 Å². The maximum atomic E-state index is 13.2. The average Bonchev–Trinajstić information content (AvgIpc) is 3.17. The standard InChI is InChI=1S/C18H24N6O3/c1-11-7-14-16(12(2)27-11)20-22(4)17(14)18(26)23-5-6-24(15(25)10-23)13-8-19-21(3)9-13/h8-9,11-12H,5-7,10H2,1-4H3/t11-,12+/m1/s1. The van der Waals surface area contributed by atoms with Gasteiger partial charge in [0.1, 0.15) is 12.2 Å². The molecule has 2 aromatic rings. The molecule has 27 heavy (non-hydrogen) atoms. The first-order valence-corrected chi connectivity index (χ1v) is 9.14. The summed E-state index contributed by atoms with van der Waals surface area (Å²) < 4.78 is 9.11. The number of carbonyl (C=O) groups excluding carboxylic acids is 2. The van der Waals surface area contributed by atoms with E-state index in [-0.39, 0.29) is 30.6 Å². The van der Waals surface area contributed by atoms with Crippen LogP contribution in [0.3, 0.4) is 0 Å². The van der Waals surface area contributed by atoms with Crippen molar-refractivity contribution in [2.45, 2.75) is 32.5 Å². The molecule has 2 aliphatic heterocycles. The number of amides is 2. The summed E-state index contributed by atoms with van der Waals surface area (Å²) in [5, 5.41) is 8.62. The van der Waals surface area contributed by atoms with E-state index in [1.54, 1.807) is 38.6 Å². The topological polar surface area (TPSA) is 85.5 Å². The van der Waals surface area contributed by atoms with Gasteiger partial charge >= 0.3 is 0 Å². The number of nitrogens with zero attached hydrogens (tertiary/aromatic N) is 6. The molecule has 2 aromatic heterocycles. The predicted molar refractivity (Wildman–Crippen MR) is 97.3 cm³/mol. The fraction of sp³-hybridized carbons (Fsp3) is 0.556. The Morgan fingerprint density at radius 2 is 2.04 bits per heavy atom. The minimum atomic E-state index is -0.147. The lowest BCUT2D eigenvalue weighted by Crippen LogP contribution is -2.52. The summed E-state index contributed by atoms with van der Waals surface area (Å²) in [6.07, 6.45) is 4.01. The van der Waals surface area contributed by atoms with Gasteiger partial charge in [-0.1, -0.05) is 0 Å². The zero-order valence-electron chi connectivity index (χ0n) is 16.0. The van der Waals surface area contributed by atoms with Gasteiger partial charge in [-0.3, -0.25) is 19.0 Å². The number of carbonyl (C=O) groups is 2. The van der Waals surface area contributed by atoms with E-state index in [0.717, 1.165) is 16.9 Å². The van der Waals surface area contributed by atoms with Crippen LogP contribution in [-0.2, 0) is 30.0 Å². The van der Waals surface area contributed by atoms with E-state index in [0.29, 0.717) is 25.2 Å². The van der Waals surface area contributed by atoms with Gasteiger partial charge in [0.25, 0.3) is 5.91 Å². The maximum Gasteiger partial charge on any atom is 0.272 e. The molecular weight excluding hydrogens is 348 g/mol. The van der Waals surface area contributed by atoms with Crippen molar-refractivity contribution >= 4 is 17.5 Å². The molecule has 0 N–H and O–H groups in total. The zero-order chi connectivity index (χ0) is 19.3. The van der Waals surface area contributed by atoms with Gasteiger partial charge in [-0.15, -0.1) is 0 Å². The molecule has 9 heteroatoms. The second-order valence-electron chi connectivity index (χ2n) is 7.27. The Bertz CT molecular complexity index is 901. The van der Waals surface area contributed by atoms with E-state index in [1.165, 1.54) is 0 Å². The van der Waals surface area contributed by atoms with Crippen molar-refractivity contribution in [2.75, 3.05) is 24.5 Å². The Balaban J connectivity index is 1.56. The predicted octanol–water partition coefficient (Wildman–Crippen LogP) is 0.665. The summed E-state index contributed by atoms with van der Waals surface area (Å²) >= 11 is 0. The van der Waals surface area contributed by atoms with E-state index >= 15 is 0 Å². The summed E-state index contributed by atoms with van der Waals surface area (Å²) in [4.78, 5) is 29.1. The fourth-order valence-electron chi connectivity index (χ4n) is 3.95. The molecule has 2 aliphatic rings. The number of aromatic nitrogens is 4. The van der Waals surface area contributed by atoms with Crippen LogP contribution in [-0.4, -0.2) is 62.0 Å². The number of fused-ring (bicyclic) bond motifs is 1. The van der Waals surface area contributed by atoms with Crippen LogP contribution >= 0.6 is 0 Å². The van der Waals surface area contributed by atoms with E-state index in [2.05, 4.69) is 10.2 Å². The highest BCUT2D eigenvalue weighted by Crippen LogP contribution is 2.32. The quantitative estimate of drug-likeness (QED) is 0.773. The van der Waals surface area contributed by atoms with Crippen molar-refractivity contribution in [3.05, 3.63) is 29.3 Å². The highest BCUT2D eigenvalue weighted by atomic mass is 16.5. The first kappa shape index (κ1) is 17.7. The molecule has 144 valence electrons. The van der Waals surface area contributed by atoms with Crippen LogP contribution in [0.5, 0.6) is 0 Å². The summed E-state index contributed by atoms with van der Waals surface area (Å²) in [7, 11) is 3.58. The number of rotatable bonds is 2. The van der Waals surface area contributed by atoms with Crippen LogP contribution in [0, 0.1) is 0 Å². The molecule has 4 heterocycles. The van der Waals surface area contributed by atoms with Crippen LogP contribution in [0.2, 0.25) is 0 Å². The number of piperazine rings is 1. The Kier molecular flexibility index (Phi) is 4.26. The van der Waals surface area contributed by atoms with Crippen LogP contribution in [0.4, 0.5) is 5.69 Å². The van der Waals surface area contributed by atoms with Gasteiger partial charge in [0.2, 0.25) is 5.91 Å². The lowest BCUT2D eigenvalue weighted by atomic mass is 9.99. The fourth-order valence-corrected chi connectivity index (χ4v) is 3.95. The van der Waals surface area contributed by atoms with Gasteiger partial charge in [-0.25, -0.2) is 0 Å². The molecule has 4 rings (SSSR count). The minimum Gasteiger partial charge on any atom is -0.369 e. The third-order valence-corrected chi connectivity index (χ3v) is 5.20. The number of aryl methyl sites for hydroxylation is 2. The van der Waals surface area contributed by atoms with Crippen molar-refractivity contribution in [1.82, 2.24) is 24.5 Å². The number of anilines is 1. The smallest absolute Gasteiger partial charge is 0.272 e. The molecule has 0 bridgehead atoms. The van der Waals surface area contributed by atoms with Gasteiger partial charge in [-0.05, 0) is 13.8 Å². The van der Waals surface area contributed by atoms with Crippen molar-refractivity contribution in [1.29, 1.82) is 0 Å². The Morgan fingerprint density at radius 1 is 1.26 bits per heavy atom. The third-order valence-electron chi connectivity index (χ3n) is 5.20. The third kappa shape index (κ3) is 3.01. The SMILES string of the molecule is C[C@@H]1Cc2c(nn(C)c2C(=O)N2CCN(c3cnn(C)c3)C(=O)C2)[C@H](C)O1. The summed E-state index contributed by atoms with van der Waals surface area (Å²) in [6.45, 7) is 4.92. The van der Waals surface area contributed by atoms with Gasteiger partial charge in [0.05, 0.1) is 29.8 Å². The molecule has 2 amide bonds. The molecule has 9 nitrogen and oxygen atoms in total. The van der Waals surface area contributed by atoms with Gasteiger partial charge in [0, 0.05) is 45.4 Å². The molecule has 0 radical (unpaired) electrons. The normalized spacial score (nSPS) is 22.9. The highest BCUT2D eigenvalue weighted by Gasteiger charge is 2.35. The number of ether oxygens (including phenoxy) is 1. The molecule has 0 aromatic carbocycles. The second kappa shape index (κ2) is 6.49. The molecule has 1 fully saturated rings. The van der Waals surface area contributed by atoms with Crippen LogP contribution in [0.15, 0.2) is 12.4 Å². The Hall–Kier alpha value is -2.68. The first-order valence-electron chi connectivity index (χ1n) is 9.14. The van der Waals surface area contributed by atoms with Crippen molar-refractivity contribution in [2.24, 2.45) is 14.1 Å². The van der Waals surface area contributed by atoms with Crippen molar-refractivity contribution in [3.63, 3.8) is 0 Å². The summed E-state index contributed by atoms with van der Waals surface area (Å²) in [6, 6.07) is 0. The largest absolute Gasteiger partial charge is 0.369 e. The van der Waals surface area contributed by atoms with Crippen LogP contribution < -0.4 is 4.90 Å². The summed E-state index contributed by atoms with van der Waals surface area (Å²) in [5.74, 6) is -0.254. The Morgan fingerprint density at radius 3 is 2.70 bits per heavy atom. The van der Waals surface area contributed by atoms with E-state index in [1.807, 2.05) is 20.9 Å². The van der Waals surface area contributed by atoms with E-state index in [4.69, 9.17) is 4.74 Å². The lowest BCUT2D eigenvalue weighted by Gasteiger charge is -2.34. The zero-order valence-corrected chi connectivity index (χ0v) is 16.0. The molecular formula is C18H24N6O3. The molecule has 0 unspecified atom stereocenters. The average molecular weight is 372 g/mol. The minimum absolute atomic E-state index is 0.0345. The maximum absolute atomic E-state index is 13.2. The van der Waals surface area contributed by atoms with Crippen molar-refractivity contribution < 1.29 is 14.3 Å². The number of hydrogen-bond donors (Lipinski definition) is 0. The lowest BCUT2D eigenvalue weighted by molar-refractivity contribution is -0.120. The molecule has 0 aliphatic carbocycles. The van der Waals surface area contributed by atoms with E-state index in [9.17, 15) is 9.59 Å². The number of hydrogen-bond acceptors (Lipinski definition) is 5. The second-order valence-corrected chi connectivity index (χ2v) is 7.27. The monoisotopic (exact) mass is 372 g/mol. The van der Waals surface area contributed by atoms with Crippen molar-refractivity contribution in [3.8, 4) is 0 Å².